The molecule has 1 aliphatic heterocycles. The fraction of sp³-hybridized carbons (Fsp3) is 0.462. The van der Waals surface area contributed by atoms with Gasteiger partial charge in [0.1, 0.15) is 5.60 Å². The normalized spacial score (nSPS) is 30.3. The van der Waals surface area contributed by atoms with Gasteiger partial charge in [-0.2, -0.15) is 0 Å². The lowest BCUT2D eigenvalue weighted by molar-refractivity contribution is -0.149. The number of hydrogen-bond donors (Lipinski definition) is 0. The maximum atomic E-state index is 11.5. The maximum absolute atomic E-state index is 11.5. The van der Waals surface area contributed by atoms with Crippen molar-refractivity contribution in [3.8, 4) is 0 Å². The van der Waals surface area contributed by atoms with E-state index in [1.165, 1.54) is 5.56 Å². The smallest absolute Gasteiger partial charge is 0.309 e. The first-order chi connectivity index (χ1) is 7.03. The topological polar surface area (TPSA) is 26.3 Å². The van der Waals surface area contributed by atoms with Gasteiger partial charge >= 0.3 is 5.97 Å². The standard InChI is InChI=1S/C13H16O2/c1-9-6-4-5-7-11(9)13(3)8-10(2)12(14)15-13/h4-7,10H,8H2,1-3H3/t10-,13-/m1/s1. The summed E-state index contributed by atoms with van der Waals surface area (Å²) < 4.78 is 5.49. The fourth-order valence-electron chi connectivity index (χ4n) is 2.36. The van der Waals surface area contributed by atoms with E-state index in [0.717, 1.165) is 12.0 Å². The molecule has 1 aromatic rings. The average molecular weight is 204 g/mol. The van der Waals surface area contributed by atoms with E-state index in [1.54, 1.807) is 0 Å². The molecule has 1 fully saturated rings. The molecule has 0 N–H and O–H groups in total. The molecule has 2 atom stereocenters. The van der Waals surface area contributed by atoms with Gasteiger partial charge in [0.15, 0.2) is 0 Å². The van der Waals surface area contributed by atoms with Crippen molar-refractivity contribution in [2.75, 3.05) is 0 Å². The summed E-state index contributed by atoms with van der Waals surface area (Å²) in [6.45, 7) is 5.97. The van der Waals surface area contributed by atoms with Crippen molar-refractivity contribution in [3.05, 3.63) is 35.4 Å². The molecule has 2 rings (SSSR count). The number of rotatable bonds is 1. The highest BCUT2D eigenvalue weighted by atomic mass is 16.6. The van der Waals surface area contributed by atoms with Crippen molar-refractivity contribution >= 4 is 5.97 Å². The second kappa shape index (κ2) is 3.37. The third-order valence-corrected chi connectivity index (χ3v) is 3.14. The molecule has 0 aliphatic carbocycles. The van der Waals surface area contributed by atoms with Gasteiger partial charge < -0.3 is 4.74 Å². The number of aryl methyl sites for hydroxylation is 1. The van der Waals surface area contributed by atoms with Crippen LogP contribution in [0.3, 0.4) is 0 Å². The number of carbonyl (C=O) groups excluding carboxylic acids is 1. The Morgan fingerprint density at radius 3 is 2.60 bits per heavy atom. The van der Waals surface area contributed by atoms with Crippen LogP contribution in [0.4, 0.5) is 0 Å². The lowest BCUT2D eigenvalue weighted by atomic mass is 9.87. The van der Waals surface area contributed by atoms with Crippen LogP contribution in [0, 0.1) is 12.8 Å². The first-order valence-corrected chi connectivity index (χ1v) is 5.32. The second-order valence-electron chi connectivity index (χ2n) is 4.57. The Labute approximate surface area is 90.3 Å². The molecule has 2 heteroatoms. The van der Waals surface area contributed by atoms with Gasteiger partial charge in [0.25, 0.3) is 0 Å². The third kappa shape index (κ3) is 1.65. The monoisotopic (exact) mass is 204 g/mol. The van der Waals surface area contributed by atoms with E-state index >= 15 is 0 Å². The summed E-state index contributed by atoms with van der Waals surface area (Å²) in [6.07, 6.45) is 0.774. The van der Waals surface area contributed by atoms with Gasteiger partial charge in [-0.05, 0) is 25.0 Å². The van der Waals surface area contributed by atoms with E-state index in [9.17, 15) is 4.79 Å². The largest absolute Gasteiger partial charge is 0.454 e. The van der Waals surface area contributed by atoms with E-state index in [0.29, 0.717) is 0 Å². The van der Waals surface area contributed by atoms with E-state index < -0.39 is 5.60 Å². The molecular weight excluding hydrogens is 188 g/mol. The Morgan fingerprint density at radius 1 is 1.40 bits per heavy atom. The number of cyclic esters (lactones) is 1. The summed E-state index contributed by atoms with van der Waals surface area (Å²) >= 11 is 0. The lowest BCUT2D eigenvalue weighted by Crippen LogP contribution is -2.22. The first kappa shape index (κ1) is 10.2. The minimum Gasteiger partial charge on any atom is -0.454 e. The van der Waals surface area contributed by atoms with Crippen LogP contribution >= 0.6 is 0 Å². The molecule has 2 nitrogen and oxygen atoms in total. The van der Waals surface area contributed by atoms with Crippen LogP contribution in [-0.2, 0) is 15.1 Å². The van der Waals surface area contributed by atoms with Crippen LogP contribution in [0.5, 0.6) is 0 Å². The van der Waals surface area contributed by atoms with E-state index in [2.05, 4.69) is 13.0 Å². The van der Waals surface area contributed by atoms with E-state index in [1.807, 2.05) is 32.0 Å². The molecule has 0 spiro atoms. The van der Waals surface area contributed by atoms with Crippen LogP contribution in [0.25, 0.3) is 0 Å². The van der Waals surface area contributed by atoms with Crippen LogP contribution in [0.1, 0.15) is 31.4 Å². The van der Waals surface area contributed by atoms with Gasteiger partial charge in [0.2, 0.25) is 0 Å². The highest BCUT2D eigenvalue weighted by Crippen LogP contribution is 2.40. The fourth-order valence-corrected chi connectivity index (χ4v) is 2.36. The molecule has 1 aromatic carbocycles. The zero-order valence-electron chi connectivity index (χ0n) is 9.41. The summed E-state index contributed by atoms with van der Waals surface area (Å²) in [5, 5.41) is 0. The highest BCUT2D eigenvalue weighted by Gasteiger charge is 2.42. The molecule has 0 radical (unpaired) electrons. The molecule has 0 aromatic heterocycles. The summed E-state index contributed by atoms with van der Waals surface area (Å²) in [4.78, 5) is 11.5. The Bertz CT molecular complexity index is 397. The first-order valence-electron chi connectivity index (χ1n) is 5.32. The molecule has 0 saturated carbocycles. The summed E-state index contributed by atoms with van der Waals surface area (Å²) in [7, 11) is 0. The van der Waals surface area contributed by atoms with Crippen molar-refractivity contribution in [1.29, 1.82) is 0 Å². The predicted molar refractivity (Wildman–Crippen MR) is 58.4 cm³/mol. The Kier molecular flexibility index (Phi) is 2.29. The number of carbonyl (C=O) groups is 1. The molecule has 0 bridgehead atoms. The molecule has 1 aliphatic rings. The van der Waals surface area contributed by atoms with E-state index in [-0.39, 0.29) is 11.9 Å². The van der Waals surface area contributed by atoms with Crippen LogP contribution in [0.15, 0.2) is 24.3 Å². The second-order valence-corrected chi connectivity index (χ2v) is 4.57. The Balaban J connectivity index is 2.40. The Morgan fingerprint density at radius 2 is 2.07 bits per heavy atom. The average Bonchev–Trinajstić information content (AvgIpc) is 2.42. The quantitative estimate of drug-likeness (QED) is 0.657. The number of ether oxygens (including phenoxy) is 1. The van der Waals surface area contributed by atoms with Crippen LogP contribution < -0.4 is 0 Å². The van der Waals surface area contributed by atoms with Gasteiger partial charge in [-0.1, -0.05) is 31.2 Å². The third-order valence-electron chi connectivity index (χ3n) is 3.14. The minimum absolute atomic E-state index is 0.00889. The molecule has 0 unspecified atom stereocenters. The molecule has 0 amide bonds. The van der Waals surface area contributed by atoms with Crippen molar-refractivity contribution < 1.29 is 9.53 Å². The SMILES string of the molecule is Cc1ccccc1[C@@]1(C)C[C@@H](C)C(=O)O1. The number of esters is 1. The van der Waals surface area contributed by atoms with Crippen LogP contribution in [-0.4, -0.2) is 5.97 Å². The van der Waals surface area contributed by atoms with Gasteiger partial charge in [0, 0.05) is 6.42 Å². The molecule has 15 heavy (non-hydrogen) atoms. The van der Waals surface area contributed by atoms with Gasteiger partial charge in [-0.15, -0.1) is 0 Å². The van der Waals surface area contributed by atoms with Crippen molar-refractivity contribution in [2.45, 2.75) is 32.8 Å². The van der Waals surface area contributed by atoms with Crippen LogP contribution in [0.2, 0.25) is 0 Å². The van der Waals surface area contributed by atoms with Gasteiger partial charge in [0.05, 0.1) is 5.92 Å². The van der Waals surface area contributed by atoms with Crippen molar-refractivity contribution in [3.63, 3.8) is 0 Å². The number of hydrogen-bond acceptors (Lipinski definition) is 2. The maximum Gasteiger partial charge on any atom is 0.309 e. The zero-order valence-corrected chi connectivity index (χ0v) is 9.41. The predicted octanol–water partition coefficient (Wildman–Crippen LogP) is 2.79. The van der Waals surface area contributed by atoms with Crippen molar-refractivity contribution in [1.82, 2.24) is 0 Å². The molecule has 80 valence electrons. The van der Waals surface area contributed by atoms with Crippen molar-refractivity contribution in [2.24, 2.45) is 5.92 Å². The summed E-state index contributed by atoms with van der Waals surface area (Å²) in [5.41, 5.74) is 1.88. The minimum atomic E-state index is -0.429. The van der Waals surface area contributed by atoms with Gasteiger partial charge in [-0.25, -0.2) is 0 Å². The summed E-state index contributed by atoms with van der Waals surface area (Å²) in [6, 6.07) is 8.09. The highest BCUT2D eigenvalue weighted by molar-refractivity contribution is 5.75. The lowest BCUT2D eigenvalue weighted by Gasteiger charge is -2.24. The Hall–Kier alpha value is -1.31. The van der Waals surface area contributed by atoms with E-state index in [4.69, 9.17) is 4.74 Å². The number of benzene rings is 1. The zero-order chi connectivity index (χ0) is 11.1. The summed E-state index contributed by atoms with van der Waals surface area (Å²) in [5.74, 6) is -0.0737. The molecular formula is C13H16O2. The molecule has 1 saturated heterocycles. The van der Waals surface area contributed by atoms with Gasteiger partial charge in [-0.3, -0.25) is 4.79 Å². The molecule has 1 heterocycles.